The van der Waals surface area contributed by atoms with Crippen molar-refractivity contribution in [2.24, 2.45) is 0 Å². The zero-order valence-corrected chi connectivity index (χ0v) is 13.4. The first-order valence-corrected chi connectivity index (χ1v) is 7.14. The Labute approximate surface area is 142 Å². The summed E-state index contributed by atoms with van der Waals surface area (Å²) < 4.78 is 11.4. The minimum Gasteiger partial charge on any atom is -0.467 e. The maximum Gasteiger partial charge on any atom is 0.322 e. The van der Waals surface area contributed by atoms with Gasteiger partial charge in [0.25, 0.3) is 5.91 Å². The average Bonchev–Trinajstić information content (AvgIpc) is 3.20. The Bertz CT molecular complexity index is 846. The van der Waals surface area contributed by atoms with Crippen molar-refractivity contribution in [2.45, 2.75) is 6.54 Å². The number of nitrogens with one attached hydrogen (secondary N) is 1. The molecule has 0 radical (unpaired) electrons. The Kier molecular flexibility index (Phi) is 4.74. The lowest BCUT2D eigenvalue weighted by molar-refractivity contribution is 0.0949. The summed E-state index contributed by atoms with van der Waals surface area (Å²) in [7, 11) is 2.86. The zero-order valence-electron chi connectivity index (χ0n) is 13.4. The monoisotopic (exact) mass is 342 g/mol. The van der Waals surface area contributed by atoms with Crippen LogP contribution in [0.4, 0.5) is 0 Å². The highest BCUT2D eigenvalue weighted by Gasteiger charge is 2.11. The third-order valence-electron chi connectivity index (χ3n) is 3.13. The second-order valence-electron chi connectivity index (χ2n) is 4.71. The van der Waals surface area contributed by atoms with Crippen LogP contribution in [0, 0.1) is 0 Å². The number of tetrazole rings is 1. The van der Waals surface area contributed by atoms with Crippen molar-refractivity contribution < 1.29 is 14.3 Å². The van der Waals surface area contributed by atoms with Crippen LogP contribution in [0.5, 0.6) is 12.0 Å². The van der Waals surface area contributed by atoms with Gasteiger partial charge in [-0.1, -0.05) is 6.07 Å². The van der Waals surface area contributed by atoms with E-state index in [0.717, 1.165) is 0 Å². The van der Waals surface area contributed by atoms with Crippen LogP contribution >= 0.6 is 0 Å². The number of carbonyl (C=O) groups is 1. The van der Waals surface area contributed by atoms with Gasteiger partial charge in [-0.05, 0) is 28.6 Å². The molecule has 3 rings (SSSR count). The van der Waals surface area contributed by atoms with E-state index in [1.54, 1.807) is 24.3 Å². The lowest BCUT2D eigenvalue weighted by Crippen LogP contribution is -2.24. The van der Waals surface area contributed by atoms with Crippen LogP contribution in [-0.2, 0) is 6.54 Å². The SMILES string of the molecule is COc1nc(CNC(=O)c2cccc(-n3cnnn3)c2)nc(OC)n1. The molecule has 0 unspecified atom stereocenters. The predicted octanol–water partition coefficient (Wildman–Crippen LogP) is -0.206. The summed E-state index contributed by atoms with van der Waals surface area (Å²) in [6.07, 6.45) is 1.44. The first-order chi connectivity index (χ1) is 12.2. The van der Waals surface area contributed by atoms with Crippen LogP contribution in [0.3, 0.4) is 0 Å². The fourth-order valence-electron chi connectivity index (χ4n) is 1.97. The molecule has 11 heteroatoms. The van der Waals surface area contributed by atoms with Gasteiger partial charge in [0.2, 0.25) is 0 Å². The van der Waals surface area contributed by atoms with Crippen molar-refractivity contribution in [3.63, 3.8) is 0 Å². The van der Waals surface area contributed by atoms with Crippen molar-refractivity contribution in [3.8, 4) is 17.7 Å². The molecule has 0 bridgehead atoms. The van der Waals surface area contributed by atoms with Crippen LogP contribution in [-0.4, -0.2) is 55.3 Å². The Balaban J connectivity index is 1.72. The van der Waals surface area contributed by atoms with E-state index in [9.17, 15) is 4.79 Å². The molecule has 1 amide bonds. The van der Waals surface area contributed by atoms with E-state index < -0.39 is 0 Å². The van der Waals surface area contributed by atoms with Crippen LogP contribution in [0.2, 0.25) is 0 Å². The smallest absolute Gasteiger partial charge is 0.322 e. The maximum absolute atomic E-state index is 12.3. The van der Waals surface area contributed by atoms with Gasteiger partial charge in [0.1, 0.15) is 6.33 Å². The molecule has 0 fully saturated rings. The van der Waals surface area contributed by atoms with Crippen LogP contribution < -0.4 is 14.8 Å². The van der Waals surface area contributed by atoms with E-state index in [0.29, 0.717) is 17.1 Å². The number of benzene rings is 1. The average molecular weight is 342 g/mol. The number of hydrogen-bond acceptors (Lipinski definition) is 9. The molecule has 3 aromatic rings. The third-order valence-corrected chi connectivity index (χ3v) is 3.13. The molecule has 1 N–H and O–H groups in total. The second-order valence-corrected chi connectivity index (χ2v) is 4.71. The van der Waals surface area contributed by atoms with Gasteiger partial charge in [-0.2, -0.15) is 9.97 Å². The van der Waals surface area contributed by atoms with Gasteiger partial charge in [0, 0.05) is 5.56 Å². The third kappa shape index (κ3) is 3.83. The second kappa shape index (κ2) is 7.29. The fraction of sp³-hybridized carbons (Fsp3) is 0.214. The first-order valence-electron chi connectivity index (χ1n) is 7.14. The van der Waals surface area contributed by atoms with Gasteiger partial charge >= 0.3 is 12.0 Å². The Morgan fingerprint density at radius 1 is 1.16 bits per heavy atom. The summed E-state index contributed by atoms with van der Waals surface area (Å²) >= 11 is 0. The Hall–Kier alpha value is -3.63. The predicted molar refractivity (Wildman–Crippen MR) is 83.3 cm³/mol. The molecule has 0 aliphatic rings. The standard InChI is InChI=1S/C14H14N8O3/c1-24-13-17-11(18-14(19-13)25-2)7-15-12(23)9-4-3-5-10(6-9)22-8-16-20-21-22/h3-6,8H,7H2,1-2H3,(H,15,23). The minimum absolute atomic E-state index is 0.0865. The normalized spacial score (nSPS) is 10.3. The van der Waals surface area contributed by atoms with Crippen molar-refractivity contribution in [3.05, 3.63) is 42.0 Å². The lowest BCUT2D eigenvalue weighted by atomic mass is 10.2. The zero-order chi connectivity index (χ0) is 17.6. The quantitative estimate of drug-likeness (QED) is 0.647. The van der Waals surface area contributed by atoms with Crippen molar-refractivity contribution >= 4 is 5.91 Å². The maximum atomic E-state index is 12.3. The van der Waals surface area contributed by atoms with Crippen molar-refractivity contribution in [1.29, 1.82) is 0 Å². The highest BCUT2D eigenvalue weighted by atomic mass is 16.5. The number of hydrogen-bond donors (Lipinski definition) is 1. The van der Waals surface area contributed by atoms with Gasteiger partial charge < -0.3 is 14.8 Å². The molecule has 1 aromatic carbocycles. The summed E-state index contributed by atoms with van der Waals surface area (Å²) in [4.78, 5) is 24.3. The van der Waals surface area contributed by atoms with E-state index in [1.807, 2.05) is 0 Å². The molecule has 0 saturated heterocycles. The number of methoxy groups -OCH3 is 2. The van der Waals surface area contributed by atoms with E-state index in [2.05, 4.69) is 35.8 Å². The molecule has 0 spiro atoms. The van der Waals surface area contributed by atoms with E-state index in [4.69, 9.17) is 9.47 Å². The fourth-order valence-corrected chi connectivity index (χ4v) is 1.97. The molecule has 2 aromatic heterocycles. The van der Waals surface area contributed by atoms with E-state index in [-0.39, 0.29) is 24.5 Å². The number of carbonyl (C=O) groups excluding carboxylic acids is 1. The first kappa shape index (κ1) is 16.2. The number of rotatable bonds is 6. The lowest BCUT2D eigenvalue weighted by Gasteiger charge is -2.07. The molecule has 2 heterocycles. The highest BCUT2D eigenvalue weighted by molar-refractivity contribution is 5.94. The molecule has 25 heavy (non-hydrogen) atoms. The summed E-state index contributed by atoms with van der Waals surface area (Å²) in [5, 5.41) is 13.6. The van der Waals surface area contributed by atoms with Gasteiger partial charge in [-0.25, -0.2) is 4.68 Å². The van der Waals surface area contributed by atoms with Crippen LogP contribution in [0.25, 0.3) is 5.69 Å². The van der Waals surface area contributed by atoms with Crippen LogP contribution in [0.15, 0.2) is 30.6 Å². The minimum atomic E-state index is -0.298. The van der Waals surface area contributed by atoms with Gasteiger partial charge in [0.15, 0.2) is 5.82 Å². The van der Waals surface area contributed by atoms with Crippen molar-refractivity contribution in [2.75, 3.05) is 14.2 Å². The molecule has 0 aliphatic heterocycles. The summed E-state index contributed by atoms with van der Waals surface area (Å²) in [5.74, 6) is 0.0157. The number of aromatic nitrogens is 7. The summed E-state index contributed by atoms with van der Waals surface area (Å²) in [6.45, 7) is 0.0865. The summed E-state index contributed by atoms with van der Waals surface area (Å²) in [6, 6.07) is 7.09. The van der Waals surface area contributed by atoms with Crippen molar-refractivity contribution in [1.82, 2.24) is 40.5 Å². The highest BCUT2D eigenvalue weighted by Crippen LogP contribution is 2.10. The van der Waals surface area contributed by atoms with E-state index >= 15 is 0 Å². The van der Waals surface area contributed by atoms with Gasteiger partial charge in [-0.3, -0.25) is 4.79 Å². The molecule has 0 saturated carbocycles. The topological polar surface area (TPSA) is 130 Å². The molecule has 11 nitrogen and oxygen atoms in total. The Morgan fingerprint density at radius 2 is 1.92 bits per heavy atom. The van der Waals surface area contributed by atoms with E-state index in [1.165, 1.54) is 25.2 Å². The molecule has 0 aliphatic carbocycles. The Morgan fingerprint density at radius 3 is 2.56 bits per heavy atom. The van der Waals surface area contributed by atoms with Crippen LogP contribution in [0.1, 0.15) is 16.2 Å². The molecule has 128 valence electrons. The number of amides is 1. The molecule has 0 atom stereocenters. The molecular weight excluding hydrogens is 328 g/mol. The number of nitrogens with zero attached hydrogens (tertiary/aromatic N) is 7. The summed E-state index contributed by atoms with van der Waals surface area (Å²) in [5.41, 5.74) is 1.11. The van der Waals surface area contributed by atoms with Gasteiger partial charge in [-0.15, -0.1) is 10.1 Å². The number of ether oxygens (including phenoxy) is 2. The largest absolute Gasteiger partial charge is 0.467 e. The molecular formula is C14H14N8O3. The van der Waals surface area contributed by atoms with Gasteiger partial charge in [0.05, 0.1) is 26.5 Å².